The molecule has 0 radical (unpaired) electrons. The van der Waals surface area contributed by atoms with Crippen LogP contribution in [0.2, 0.25) is 0 Å². The molecule has 0 bridgehead atoms. The molecule has 3 N–H and O–H groups in total. The minimum atomic E-state index is -1.35. The third-order valence-electron chi connectivity index (χ3n) is 10.5. The molecule has 11 nitrogen and oxygen atoms in total. The molecule has 3 fully saturated rings. The molecule has 7 rings (SSSR count). The number of carboxylic acids is 1. The molecule has 4 aliphatic rings. The number of benzene rings is 3. The van der Waals surface area contributed by atoms with Crippen LogP contribution in [0.25, 0.3) is 6.08 Å². The van der Waals surface area contributed by atoms with Crippen LogP contribution in [-0.4, -0.2) is 52.0 Å². The Kier molecular flexibility index (Phi) is 7.23. The van der Waals surface area contributed by atoms with Crippen LogP contribution in [0.1, 0.15) is 35.7 Å². The van der Waals surface area contributed by atoms with Gasteiger partial charge in [-0.25, -0.2) is 14.6 Å². The number of aromatic carboxylic acids is 1. The molecule has 2 saturated heterocycles. The summed E-state index contributed by atoms with van der Waals surface area (Å²) in [5.41, 5.74) is 0.416. The van der Waals surface area contributed by atoms with E-state index >= 15 is 0 Å². The molecule has 2 aliphatic heterocycles. The molecule has 2 heterocycles. The van der Waals surface area contributed by atoms with E-state index in [4.69, 9.17) is 4.74 Å². The predicted molar refractivity (Wildman–Crippen MR) is 173 cm³/mol. The van der Waals surface area contributed by atoms with Gasteiger partial charge in [0.15, 0.2) is 11.5 Å². The second-order valence-corrected chi connectivity index (χ2v) is 12.9. The number of carbonyl (C=O) groups excluding carboxylic acids is 4. The number of rotatable bonds is 6. The van der Waals surface area contributed by atoms with Crippen molar-refractivity contribution in [3.05, 3.63) is 95.6 Å². The maximum Gasteiger partial charge on any atom is 0.339 e. The summed E-state index contributed by atoms with van der Waals surface area (Å²) in [5.74, 6) is -6.94. The smallest absolute Gasteiger partial charge is 0.339 e. The van der Waals surface area contributed by atoms with E-state index in [0.29, 0.717) is 11.3 Å². The Labute approximate surface area is 275 Å². The van der Waals surface area contributed by atoms with E-state index in [1.807, 2.05) is 12.2 Å². The van der Waals surface area contributed by atoms with Crippen LogP contribution in [-0.2, 0) is 19.2 Å². The van der Waals surface area contributed by atoms with E-state index in [-0.39, 0.29) is 47.4 Å². The number of methoxy groups -OCH3 is 1. The van der Waals surface area contributed by atoms with Crippen LogP contribution < -0.4 is 14.5 Å². The lowest BCUT2D eigenvalue weighted by Crippen LogP contribution is -2.49. The van der Waals surface area contributed by atoms with E-state index in [1.165, 1.54) is 24.1 Å². The average molecular weight is 649 g/mol. The van der Waals surface area contributed by atoms with Gasteiger partial charge in [-0.15, -0.1) is 0 Å². The number of carboxylic acid groups (broad SMARTS) is 1. The number of carbonyl (C=O) groups is 5. The van der Waals surface area contributed by atoms with Crippen molar-refractivity contribution >= 4 is 47.0 Å². The molecule has 0 aromatic heterocycles. The van der Waals surface area contributed by atoms with Crippen molar-refractivity contribution in [2.24, 2.45) is 35.0 Å². The number of anilines is 2. The van der Waals surface area contributed by atoms with Gasteiger partial charge in [-0.05, 0) is 67.6 Å². The Bertz CT molecular complexity index is 1970. The Morgan fingerprint density at radius 3 is 2.31 bits per heavy atom. The van der Waals surface area contributed by atoms with E-state index in [2.05, 4.69) is 0 Å². The first-order valence-electron chi connectivity index (χ1n) is 15.6. The van der Waals surface area contributed by atoms with Crippen molar-refractivity contribution in [2.45, 2.75) is 19.8 Å². The lowest BCUT2D eigenvalue weighted by molar-refractivity contribution is -0.132. The zero-order chi connectivity index (χ0) is 34.1. The van der Waals surface area contributed by atoms with Gasteiger partial charge in [-0.2, -0.15) is 0 Å². The average Bonchev–Trinajstić information content (AvgIpc) is 3.44. The topological polar surface area (TPSA) is 162 Å². The largest absolute Gasteiger partial charge is 0.507 e. The first-order chi connectivity index (χ1) is 23.0. The molecule has 1 saturated carbocycles. The summed E-state index contributed by atoms with van der Waals surface area (Å²) in [6, 6.07) is 17.1. The monoisotopic (exact) mass is 648 g/mol. The fraction of sp³-hybridized carbons (Fsp3) is 0.270. The number of nitrogens with zero attached hydrogens (tertiary/aromatic N) is 2. The highest BCUT2D eigenvalue weighted by atomic mass is 16.5. The number of aromatic hydroxyl groups is 2. The molecule has 3 aromatic carbocycles. The highest BCUT2D eigenvalue weighted by Crippen LogP contribution is 2.61. The quantitative estimate of drug-likeness (QED) is 0.252. The number of hydrogen-bond donors (Lipinski definition) is 3. The van der Waals surface area contributed by atoms with E-state index in [1.54, 1.807) is 55.5 Å². The summed E-state index contributed by atoms with van der Waals surface area (Å²) in [7, 11) is 1.44. The predicted octanol–water partition coefficient (Wildman–Crippen LogP) is 4.79. The third kappa shape index (κ3) is 4.44. The van der Waals surface area contributed by atoms with Crippen LogP contribution in [0.15, 0.2) is 84.5 Å². The standard InChI is InChI=1S/C37H32N2O9/c1-37-26(14-8-19-9-15-28(40)30(16-19)48-2)22-12-13-24-31(34(44)38(32(24)42)21-10-11-23(35(45)46)29(41)17-21)25(22)18-27(37)33(43)39(36(37)47)20-6-4-3-5-7-20/h3-12,14-17,24-27,31,40-41H,13,18H2,1-2H3,(H,45,46). The molecule has 6 atom stereocenters. The fourth-order valence-electron chi connectivity index (χ4n) is 8.14. The maximum atomic E-state index is 14.4. The summed E-state index contributed by atoms with van der Waals surface area (Å²) >= 11 is 0. The van der Waals surface area contributed by atoms with Crippen molar-refractivity contribution in [1.29, 1.82) is 0 Å². The number of ether oxygens (including phenoxy) is 1. The van der Waals surface area contributed by atoms with Crippen molar-refractivity contribution in [3.63, 3.8) is 0 Å². The summed E-state index contributed by atoms with van der Waals surface area (Å²) in [6.07, 6.45) is 5.97. The summed E-state index contributed by atoms with van der Waals surface area (Å²) in [4.78, 5) is 70.2. The lowest BCUT2D eigenvalue weighted by atomic mass is 9.52. The van der Waals surface area contributed by atoms with Gasteiger partial charge in [0.2, 0.25) is 23.6 Å². The van der Waals surface area contributed by atoms with Crippen molar-refractivity contribution in [3.8, 4) is 17.2 Å². The first-order valence-corrected chi connectivity index (χ1v) is 15.6. The Balaban J connectivity index is 1.31. The SMILES string of the molecule is COc1cc(C=CC2C3=CCC4C(=O)N(c5ccc(C(=O)O)c(O)c5)C(=O)C4C3CC3C(=O)N(c4ccccc4)C(=O)C23C)ccc1O. The van der Waals surface area contributed by atoms with Crippen LogP contribution in [0.4, 0.5) is 11.4 Å². The number of amides is 4. The number of para-hydroxylation sites is 1. The number of allylic oxidation sites excluding steroid dienone is 3. The van der Waals surface area contributed by atoms with E-state index in [0.717, 1.165) is 22.6 Å². The van der Waals surface area contributed by atoms with Gasteiger partial charge >= 0.3 is 5.97 Å². The molecular formula is C37H32N2O9. The van der Waals surface area contributed by atoms with Gasteiger partial charge in [0.25, 0.3) is 0 Å². The van der Waals surface area contributed by atoms with Crippen LogP contribution in [0.3, 0.4) is 0 Å². The van der Waals surface area contributed by atoms with Crippen molar-refractivity contribution in [2.75, 3.05) is 16.9 Å². The maximum absolute atomic E-state index is 14.4. The zero-order valence-electron chi connectivity index (χ0n) is 26.1. The van der Waals surface area contributed by atoms with Gasteiger partial charge in [-0.1, -0.05) is 48.1 Å². The summed E-state index contributed by atoms with van der Waals surface area (Å²) in [5, 5.41) is 29.8. The molecule has 11 heteroatoms. The molecule has 3 aromatic rings. The highest BCUT2D eigenvalue weighted by molar-refractivity contribution is 6.25. The van der Waals surface area contributed by atoms with Gasteiger partial charge in [0.05, 0.1) is 41.7 Å². The van der Waals surface area contributed by atoms with Crippen LogP contribution in [0, 0.1) is 35.0 Å². The zero-order valence-corrected chi connectivity index (χ0v) is 26.1. The fourth-order valence-corrected chi connectivity index (χ4v) is 8.14. The minimum Gasteiger partial charge on any atom is -0.507 e. The highest BCUT2D eigenvalue weighted by Gasteiger charge is 2.67. The Hall–Kier alpha value is -5.71. The van der Waals surface area contributed by atoms with Crippen molar-refractivity contribution in [1.82, 2.24) is 0 Å². The molecule has 6 unspecified atom stereocenters. The van der Waals surface area contributed by atoms with E-state index < -0.39 is 58.5 Å². The second-order valence-electron chi connectivity index (χ2n) is 12.9. The molecule has 244 valence electrons. The number of imide groups is 2. The normalized spacial score (nSPS) is 28.0. The summed E-state index contributed by atoms with van der Waals surface area (Å²) in [6.45, 7) is 1.79. The van der Waals surface area contributed by atoms with Crippen LogP contribution in [0.5, 0.6) is 17.2 Å². The van der Waals surface area contributed by atoms with Gasteiger partial charge in [0.1, 0.15) is 11.3 Å². The number of phenolic OH excluding ortho intramolecular Hbond substituents is 1. The Morgan fingerprint density at radius 1 is 0.875 bits per heavy atom. The molecule has 2 aliphatic carbocycles. The lowest BCUT2D eigenvalue weighted by Gasteiger charge is -2.47. The second kappa shape index (κ2) is 11.2. The number of phenols is 2. The Morgan fingerprint density at radius 2 is 1.62 bits per heavy atom. The number of fused-ring (bicyclic) bond motifs is 4. The minimum absolute atomic E-state index is 0.0320. The molecular weight excluding hydrogens is 616 g/mol. The van der Waals surface area contributed by atoms with Gasteiger partial charge in [-0.3, -0.25) is 19.2 Å². The number of hydrogen-bond acceptors (Lipinski definition) is 8. The third-order valence-corrected chi connectivity index (χ3v) is 10.5. The molecule has 0 spiro atoms. The summed E-state index contributed by atoms with van der Waals surface area (Å²) < 4.78 is 5.27. The molecule has 4 amide bonds. The van der Waals surface area contributed by atoms with Crippen molar-refractivity contribution < 1.29 is 44.0 Å². The van der Waals surface area contributed by atoms with E-state index in [9.17, 15) is 39.3 Å². The van der Waals surface area contributed by atoms with Gasteiger partial charge in [0, 0.05) is 12.0 Å². The first kappa shape index (κ1) is 30.9. The molecule has 48 heavy (non-hydrogen) atoms. The van der Waals surface area contributed by atoms with Gasteiger partial charge < -0.3 is 20.1 Å². The van der Waals surface area contributed by atoms with Crippen LogP contribution >= 0.6 is 0 Å².